The summed E-state index contributed by atoms with van der Waals surface area (Å²) in [5, 5.41) is 9.10. The molecule has 0 aliphatic rings. The zero-order valence-electron chi connectivity index (χ0n) is 10.7. The Kier molecular flexibility index (Phi) is 5.16. The predicted octanol–water partition coefficient (Wildman–Crippen LogP) is 2.75. The Labute approximate surface area is 110 Å². The summed E-state index contributed by atoms with van der Waals surface area (Å²) in [6, 6.07) is 4.12. The Balaban J connectivity index is 2.61. The minimum absolute atomic E-state index is 0.135. The number of rotatable bonds is 4. The first kappa shape index (κ1) is 15.0. The van der Waals surface area contributed by atoms with Gasteiger partial charge in [-0.25, -0.2) is 4.39 Å². The first-order valence-corrected chi connectivity index (χ1v) is 6.54. The van der Waals surface area contributed by atoms with Crippen molar-refractivity contribution in [1.29, 1.82) is 0 Å². The SMILES string of the molecule is CC(C)(C)OC(=O)CSc1ccc(F)cc1CO. The molecule has 0 bridgehead atoms. The van der Waals surface area contributed by atoms with Crippen LogP contribution < -0.4 is 0 Å². The number of hydrogen-bond acceptors (Lipinski definition) is 4. The smallest absolute Gasteiger partial charge is 0.316 e. The van der Waals surface area contributed by atoms with Gasteiger partial charge in [0.15, 0.2) is 0 Å². The van der Waals surface area contributed by atoms with Crippen molar-refractivity contribution in [1.82, 2.24) is 0 Å². The molecular weight excluding hydrogens is 255 g/mol. The lowest BCUT2D eigenvalue weighted by Gasteiger charge is -2.19. The largest absolute Gasteiger partial charge is 0.459 e. The molecule has 0 radical (unpaired) electrons. The highest BCUT2D eigenvalue weighted by atomic mass is 32.2. The van der Waals surface area contributed by atoms with Gasteiger partial charge in [-0.3, -0.25) is 4.79 Å². The second-order valence-corrected chi connectivity index (χ2v) is 5.80. The summed E-state index contributed by atoms with van der Waals surface area (Å²) >= 11 is 1.23. The van der Waals surface area contributed by atoms with Crippen molar-refractivity contribution in [2.24, 2.45) is 0 Å². The first-order valence-electron chi connectivity index (χ1n) is 5.56. The Morgan fingerprint density at radius 2 is 2.11 bits per heavy atom. The van der Waals surface area contributed by atoms with Crippen molar-refractivity contribution in [3.63, 3.8) is 0 Å². The summed E-state index contributed by atoms with van der Waals surface area (Å²) in [6.45, 7) is 5.14. The van der Waals surface area contributed by atoms with E-state index in [-0.39, 0.29) is 18.3 Å². The van der Waals surface area contributed by atoms with Crippen molar-refractivity contribution in [2.45, 2.75) is 37.9 Å². The van der Waals surface area contributed by atoms with Crippen LogP contribution >= 0.6 is 11.8 Å². The fourth-order valence-corrected chi connectivity index (χ4v) is 2.13. The van der Waals surface area contributed by atoms with Gasteiger partial charge in [-0.2, -0.15) is 0 Å². The number of halogens is 1. The van der Waals surface area contributed by atoms with Crippen LogP contribution in [0.4, 0.5) is 4.39 Å². The zero-order chi connectivity index (χ0) is 13.8. The van der Waals surface area contributed by atoms with Crippen LogP contribution in [0.25, 0.3) is 0 Å². The molecule has 0 saturated carbocycles. The highest BCUT2D eigenvalue weighted by Gasteiger charge is 2.16. The fraction of sp³-hybridized carbons (Fsp3) is 0.462. The third kappa shape index (κ3) is 5.06. The summed E-state index contributed by atoms with van der Waals surface area (Å²) < 4.78 is 18.1. The first-order chi connectivity index (χ1) is 8.31. The van der Waals surface area contributed by atoms with Crippen LogP contribution in [0.5, 0.6) is 0 Å². The van der Waals surface area contributed by atoms with Crippen LogP contribution in [0.15, 0.2) is 23.1 Å². The van der Waals surface area contributed by atoms with Gasteiger partial charge in [-0.15, -0.1) is 11.8 Å². The number of aliphatic hydroxyl groups excluding tert-OH is 1. The second-order valence-electron chi connectivity index (χ2n) is 4.79. The van der Waals surface area contributed by atoms with Gasteiger partial charge in [-0.1, -0.05) is 0 Å². The van der Waals surface area contributed by atoms with Crippen LogP contribution in [0.3, 0.4) is 0 Å². The molecule has 1 aromatic rings. The van der Waals surface area contributed by atoms with Crippen molar-refractivity contribution >= 4 is 17.7 Å². The van der Waals surface area contributed by atoms with Crippen molar-refractivity contribution < 1.29 is 19.0 Å². The number of hydrogen-bond donors (Lipinski definition) is 1. The number of carbonyl (C=O) groups is 1. The quantitative estimate of drug-likeness (QED) is 0.676. The van der Waals surface area contributed by atoms with Crippen LogP contribution in [0.2, 0.25) is 0 Å². The van der Waals surface area contributed by atoms with Crippen molar-refractivity contribution in [3.8, 4) is 0 Å². The zero-order valence-corrected chi connectivity index (χ0v) is 11.5. The summed E-state index contributed by atoms with van der Waals surface area (Å²) in [5.41, 5.74) is -0.0381. The topological polar surface area (TPSA) is 46.5 Å². The average Bonchev–Trinajstić information content (AvgIpc) is 2.24. The maximum Gasteiger partial charge on any atom is 0.316 e. The van der Waals surface area contributed by atoms with Gasteiger partial charge in [0.25, 0.3) is 0 Å². The molecule has 0 unspecified atom stereocenters. The number of carbonyl (C=O) groups excluding carboxylic acids is 1. The van der Waals surface area contributed by atoms with E-state index in [0.29, 0.717) is 10.5 Å². The monoisotopic (exact) mass is 272 g/mol. The Morgan fingerprint density at radius 1 is 1.44 bits per heavy atom. The molecule has 0 atom stereocenters. The summed E-state index contributed by atoms with van der Waals surface area (Å²) in [6.07, 6.45) is 0. The molecule has 0 aliphatic heterocycles. The van der Waals surface area contributed by atoms with Gasteiger partial charge in [-0.05, 0) is 44.5 Å². The van der Waals surface area contributed by atoms with E-state index in [0.717, 1.165) is 0 Å². The van der Waals surface area contributed by atoms with Gasteiger partial charge in [0.1, 0.15) is 11.4 Å². The number of aliphatic hydroxyl groups is 1. The minimum Gasteiger partial charge on any atom is -0.459 e. The molecule has 18 heavy (non-hydrogen) atoms. The molecule has 1 rings (SSSR count). The third-order valence-electron chi connectivity index (χ3n) is 1.96. The van der Waals surface area contributed by atoms with Crippen LogP contribution in [0, 0.1) is 5.82 Å². The Bertz CT molecular complexity index is 427. The van der Waals surface area contributed by atoms with E-state index in [2.05, 4.69) is 0 Å². The van der Waals surface area contributed by atoms with Crippen molar-refractivity contribution in [3.05, 3.63) is 29.6 Å². The highest BCUT2D eigenvalue weighted by molar-refractivity contribution is 8.00. The van der Waals surface area contributed by atoms with Gasteiger partial charge in [0.2, 0.25) is 0 Å². The lowest BCUT2D eigenvalue weighted by atomic mass is 10.2. The molecular formula is C13H17FO3S. The standard InChI is InChI=1S/C13H17FO3S/c1-13(2,3)17-12(16)8-18-11-5-4-10(14)6-9(11)7-15/h4-6,15H,7-8H2,1-3H3. The van der Waals surface area contributed by atoms with E-state index in [1.165, 1.54) is 23.9 Å². The molecule has 1 N–H and O–H groups in total. The minimum atomic E-state index is -0.514. The van der Waals surface area contributed by atoms with Crippen LogP contribution in [-0.2, 0) is 16.1 Å². The van der Waals surface area contributed by atoms with Gasteiger partial charge < -0.3 is 9.84 Å². The van der Waals surface area contributed by atoms with Crippen LogP contribution in [-0.4, -0.2) is 22.4 Å². The summed E-state index contributed by atoms with van der Waals surface area (Å²) in [7, 11) is 0. The Hall–Kier alpha value is -1.07. The molecule has 0 fully saturated rings. The molecule has 1 aromatic carbocycles. The number of thioether (sulfide) groups is 1. The van der Waals surface area contributed by atoms with E-state index in [1.54, 1.807) is 26.8 Å². The molecule has 5 heteroatoms. The maximum absolute atomic E-state index is 12.9. The van der Waals surface area contributed by atoms with Gasteiger partial charge in [0, 0.05) is 4.90 Å². The summed E-state index contributed by atoms with van der Waals surface area (Å²) in [4.78, 5) is 12.2. The highest BCUT2D eigenvalue weighted by Crippen LogP contribution is 2.24. The molecule has 3 nitrogen and oxygen atoms in total. The van der Waals surface area contributed by atoms with E-state index >= 15 is 0 Å². The average molecular weight is 272 g/mol. The molecule has 100 valence electrons. The number of esters is 1. The molecule has 0 heterocycles. The number of ether oxygens (including phenoxy) is 1. The number of benzene rings is 1. The van der Waals surface area contributed by atoms with E-state index in [1.807, 2.05) is 0 Å². The molecule has 0 aliphatic carbocycles. The lowest BCUT2D eigenvalue weighted by Crippen LogP contribution is -2.24. The Morgan fingerprint density at radius 3 is 2.67 bits per heavy atom. The van der Waals surface area contributed by atoms with Gasteiger partial charge >= 0.3 is 5.97 Å². The molecule has 0 spiro atoms. The predicted molar refractivity (Wildman–Crippen MR) is 68.9 cm³/mol. The van der Waals surface area contributed by atoms with Crippen LogP contribution in [0.1, 0.15) is 26.3 Å². The van der Waals surface area contributed by atoms with E-state index in [9.17, 15) is 9.18 Å². The van der Waals surface area contributed by atoms with Gasteiger partial charge in [0.05, 0.1) is 12.4 Å². The normalized spacial score (nSPS) is 11.4. The van der Waals surface area contributed by atoms with E-state index < -0.39 is 11.4 Å². The lowest BCUT2D eigenvalue weighted by molar-refractivity contribution is -0.151. The van der Waals surface area contributed by atoms with Crippen molar-refractivity contribution in [2.75, 3.05) is 5.75 Å². The fourth-order valence-electron chi connectivity index (χ4n) is 1.32. The molecule has 0 amide bonds. The third-order valence-corrected chi connectivity index (χ3v) is 3.05. The second kappa shape index (κ2) is 6.20. The molecule has 0 aromatic heterocycles. The summed E-state index contributed by atoms with van der Waals surface area (Å²) in [5.74, 6) is -0.600. The maximum atomic E-state index is 12.9. The molecule has 0 saturated heterocycles. The van der Waals surface area contributed by atoms with E-state index in [4.69, 9.17) is 9.84 Å².